The molecule has 29 heavy (non-hydrogen) atoms. The fourth-order valence-corrected chi connectivity index (χ4v) is 4.38. The van der Waals surface area contributed by atoms with E-state index in [9.17, 15) is 4.79 Å². The summed E-state index contributed by atoms with van der Waals surface area (Å²) in [5.74, 6) is 0. The van der Waals surface area contributed by atoms with Crippen molar-refractivity contribution in [2.24, 2.45) is 7.05 Å². The molecule has 7 heteroatoms. The van der Waals surface area contributed by atoms with Crippen LogP contribution < -0.4 is 10.9 Å². The Kier molecular flexibility index (Phi) is 4.94. The summed E-state index contributed by atoms with van der Waals surface area (Å²) in [6, 6.07) is 9.96. The third kappa shape index (κ3) is 3.23. The van der Waals surface area contributed by atoms with E-state index in [1.54, 1.807) is 4.57 Å². The Hall–Kier alpha value is -2.67. The van der Waals surface area contributed by atoms with Gasteiger partial charge in [0.25, 0.3) is 5.56 Å². The molecule has 0 bridgehead atoms. The van der Waals surface area contributed by atoms with Gasteiger partial charge in [-0.1, -0.05) is 17.7 Å². The van der Waals surface area contributed by atoms with Crippen molar-refractivity contribution in [3.05, 3.63) is 62.2 Å². The number of anilines is 1. The first-order valence-electron chi connectivity index (χ1n) is 9.71. The molecule has 3 aromatic heterocycles. The lowest BCUT2D eigenvalue weighted by Crippen LogP contribution is -2.19. The maximum Gasteiger partial charge on any atom is 0.259 e. The molecule has 150 valence electrons. The molecule has 0 fully saturated rings. The molecule has 1 aromatic carbocycles. The Morgan fingerprint density at radius 1 is 1.17 bits per heavy atom. The summed E-state index contributed by atoms with van der Waals surface area (Å²) in [6.07, 6.45) is 0. The van der Waals surface area contributed by atoms with Crippen LogP contribution in [0, 0.1) is 13.8 Å². The average molecular weight is 454 g/mol. The number of hydrogen-bond acceptors (Lipinski definition) is 4. The first-order chi connectivity index (χ1) is 13.8. The molecule has 0 saturated heterocycles. The molecule has 0 radical (unpaired) electrons. The van der Waals surface area contributed by atoms with E-state index in [1.807, 2.05) is 62.8 Å². The van der Waals surface area contributed by atoms with Crippen LogP contribution in [0.15, 0.2) is 39.7 Å². The second kappa shape index (κ2) is 7.30. The first-order valence-corrected chi connectivity index (χ1v) is 10.5. The van der Waals surface area contributed by atoms with E-state index < -0.39 is 0 Å². The number of halogens is 1. The summed E-state index contributed by atoms with van der Waals surface area (Å²) >= 11 is 3.54. The fraction of sp³-hybridized carbons (Fsp3) is 0.318. The third-order valence-electron chi connectivity index (χ3n) is 5.32. The van der Waals surface area contributed by atoms with Gasteiger partial charge in [0.05, 0.1) is 22.8 Å². The minimum atomic E-state index is -0.0758. The molecule has 1 atom stereocenters. The number of benzene rings is 1. The van der Waals surface area contributed by atoms with Crippen LogP contribution >= 0.6 is 15.9 Å². The largest absolute Gasteiger partial charge is 0.375 e. The van der Waals surface area contributed by atoms with E-state index in [-0.39, 0.29) is 11.6 Å². The minimum Gasteiger partial charge on any atom is -0.375 e. The van der Waals surface area contributed by atoms with Gasteiger partial charge < -0.3 is 5.32 Å². The van der Waals surface area contributed by atoms with E-state index in [2.05, 4.69) is 33.2 Å². The minimum absolute atomic E-state index is 0.00319. The Labute approximate surface area is 177 Å². The van der Waals surface area contributed by atoms with Crippen LogP contribution in [0.2, 0.25) is 0 Å². The molecule has 0 aliphatic rings. The van der Waals surface area contributed by atoms with Crippen LogP contribution in [0.1, 0.15) is 36.8 Å². The van der Waals surface area contributed by atoms with Gasteiger partial charge in [-0.25, -0.2) is 9.67 Å². The highest BCUT2D eigenvalue weighted by atomic mass is 79.9. The quantitative estimate of drug-likeness (QED) is 0.448. The fourth-order valence-electron chi connectivity index (χ4n) is 3.86. The van der Waals surface area contributed by atoms with Gasteiger partial charge in [-0.15, -0.1) is 0 Å². The molecule has 6 nitrogen and oxygen atoms in total. The standard InChI is InChI=1S/C22H24BrN5O/c1-6-28-21-18(15-9-7-12(2)11-16(15)22(29)27(21)5)19(26-28)14(4)25-17-10-8-13(3)24-20(17)23/h7-11,14,25H,6H2,1-5H3. The van der Waals surface area contributed by atoms with E-state index >= 15 is 0 Å². The molecule has 0 aliphatic carbocycles. The number of pyridine rings is 2. The van der Waals surface area contributed by atoms with Crippen LogP contribution in [-0.2, 0) is 13.6 Å². The first kappa shape index (κ1) is 19.6. The summed E-state index contributed by atoms with van der Waals surface area (Å²) < 4.78 is 4.40. The van der Waals surface area contributed by atoms with Gasteiger partial charge >= 0.3 is 0 Å². The number of aromatic nitrogens is 4. The highest BCUT2D eigenvalue weighted by Crippen LogP contribution is 2.32. The Morgan fingerprint density at radius 3 is 2.62 bits per heavy atom. The molecule has 1 N–H and O–H groups in total. The van der Waals surface area contributed by atoms with E-state index in [0.717, 1.165) is 49.0 Å². The molecular weight excluding hydrogens is 430 g/mol. The lowest BCUT2D eigenvalue weighted by atomic mass is 10.0. The summed E-state index contributed by atoms with van der Waals surface area (Å²) in [7, 11) is 1.82. The van der Waals surface area contributed by atoms with Crippen molar-refractivity contribution >= 4 is 43.4 Å². The summed E-state index contributed by atoms with van der Waals surface area (Å²) in [5.41, 5.74) is 4.69. The number of nitrogens with one attached hydrogen (secondary N) is 1. The predicted molar refractivity (Wildman–Crippen MR) is 122 cm³/mol. The van der Waals surface area contributed by atoms with Gasteiger partial charge in [-0.3, -0.25) is 9.36 Å². The van der Waals surface area contributed by atoms with Crippen LogP contribution in [-0.4, -0.2) is 19.3 Å². The lowest BCUT2D eigenvalue weighted by Gasteiger charge is -2.15. The number of nitrogens with zero attached hydrogens (tertiary/aromatic N) is 4. The van der Waals surface area contributed by atoms with E-state index in [0.29, 0.717) is 6.54 Å². The smallest absolute Gasteiger partial charge is 0.259 e. The normalized spacial score (nSPS) is 12.6. The van der Waals surface area contributed by atoms with Crippen LogP contribution in [0.5, 0.6) is 0 Å². The van der Waals surface area contributed by atoms with Gasteiger partial charge in [-0.2, -0.15) is 5.10 Å². The Bertz CT molecular complexity index is 1300. The predicted octanol–water partition coefficient (Wildman–Crippen LogP) is 4.86. The molecule has 4 aromatic rings. The van der Waals surface area contributed by atoms with Crippen molar-refractivity contribution in [2.45, 2.75) is 40.3 Å². The van der Waals surface area contributed by atoms with Gasteiger partial charge in [0.15, 0.2) is 0 Å². The third-order valence-corrected chi connectivity index (χ3v) is 5.92. The molecule has 0 amide bonds. The van der Waals surface area contributed by atoms with Crippen LogP contribution in [0.3, 0.4) is 0 Å². The van der Waals surface area contributed by atoms with Crippen molar-refractivity contribution < 1.29 is 0 Å². The number of aryl methyl sites for hydroxylation is 4. The molecule has 0 spiro atoms. The summed E-state index contributed by atoms with van der Waals surface area (Å²) in [6.45, 7) is 8.77. The van der Waals surface area contributed by atoms with Crippen molar-refractivity contribution in [3.8, 4) is 0 Å². The zero-order valence-corrected chi connectivity index (χ0v) is 18.8. The Morgan fingerprint density at radius 2 is 1.93 bits per heavy atom. The second-order valence-electron chi connectivity index (χ2n) is 7.47. The van der Waals surface area contributed by atoms with Crippen molar-refractivity contribution in [1.82, 2.24) is 19.3 Å². The molecule has 0 aliphatic heterocycles. The summed E-state index contributed by atoms with van der Waals surface area (Å²) in [4.78, 5) is 17.5. The Balaban J connectivity index is 1.97. The van der Waals surface area contributed by atoms with Crippen LogP contribution in [0.25, 0.3) is 21.8 Å². The summed E-state index contributed by atoms with van der Waals surface area (Å²) in [5, 5.41) is 11.1. The second-order valence-corrected chi connectivity index (χ2v) is 8.22. The van der Waals surface area contributed by atoms with Gasteiger partial charge in [0.1, 0.15) is 10.3 Å². The van der Waals surface area contributed by atoms with Gasteiger partial charge in [-0.05, 0) is 61.8 Å². The zero-order chi connectivity index (χ0) is 20.9. The maximum atomic E-state index is 13.0. The van der Waals surface area contributed by atoms with Crippen molar-refractivity contribution in [3.63, 3.8) is 0 Å². The number of rotatable bonds is 4. The zero-order valence-electron chi connectivity index (χ0n) is 17.2. The molecule has 4 rings (SSSR count). The average Bonchev–Trinajstić information content (AvgIpc) is 3.08. The molecule has 1 unspecified atom stereocenters. The number of hydrogen-bond donors (Lipinski definition) is 1. The molecular formula is C22H24BrN5O. The topological polar surface area (TPSA) is 64.7 Å². The maximum absolute atomic E-state index is 13.0. The highest BCUT2D eigenvalue weighted by molar-refractivity contribution is 9.10. The molecule has 3 heterocycles. The monoisotopic (exact) mass is 453 g/mol. The lowest BCUT2D eigenvalue weighted by molar-refractivity contribution is 0.638. The SMILES string of the molecule is CCn1nc(C(C)Nc2ccc(C)nc2Br)c2c3ccc(C)cc3c(=O)n(C)c21. The van der Waals surface area contributed by atoms with Crippen LogP contribution in [0.4, 0.5) is 5.69 Å². The van der Waals surface area contributed by atoms with Gasteiger partial charge in [0.2, 0.25) is 0 Å². The van der Waals surface area contributed by atoms with Crippen molar-refractivity contribution in [2.75, 3.05) is 5.32 Å². The molecule has 0 saturated carbocycles. The number of fused-ring (bicyclic) bond motifs is 3. The van der Waals surface area contributed by atoms with E-state index in [1.165, 1.54) is 0 Å². The highest BCUT2D eigenvalue weighted by Gasteiger charge is 2.22. The van der Waals surface area contributed by atoms with Gasteiger partial charge in [0, 0.05) is 30.1 Å². The van der Waals surface area contributed by atoms with Crippen molar-refractivity contribution in [1.29, 1.82) is 0 Å². The van der Waals surface area contributed by atoms with E-state index in [4.69, 9.17) is 5.10 Å².